The fourth-order valence-corrected chi connectivity index (χ4v) is 1.70. The molecule has 1 atom stereocenters. The Morgan fingerprint density at radius 3 is 3.00 bits per heavy atom. The van der Waals surface area contributed by atoms with Gasteiger partial charge in [0.05, 0.1) is 4.88 Å². The molecule has 0 aromatic carbocycles. The molecule has 0 bridgehead atoms. The molecule has 1 aromatic heterocycles. The van der Waals surface area contributed by atoms with Gasteiger partial charge in [0.25, 0.3) is 0 Å². The Labute approximate surface area is 75.9 Å². The molecule has 1 aromatic rings. The van der Waals surface area contributed by atoms with Crippen molar-refractivity contribution in [2.24, 2.45) is 0 Å². The molecule has 0 saturated heterocycles. The van der Waals surface area contributed by atoms with Crippen LogP contribution in [0.25, 0.3) is 0 Å². The molecule has 1 rings (SSSR count). The lowest BCUT2D eigenvalue weighted by Crippen LogP contribution is -2.18. The lowest BCUT2D eigenvalue weighted by Gasteiger charge is -2.04. The molecule has 0 saturated carbocycles. The number of aliphatic hydroxyl groups excluding tert-OH is 1. The van der Waals surface area contributed by atoms with Gasteiger partial charge in [0.1, 0.15) is 6.10 Å². The Bertz CT molecular complexity index is 241. The van der Waals surface area contributed by atoms with E-state index >= 15 is 0 Å². The van der Waals surface area contributed by atoms with Crippen LogP contribution in [0, 0.1) is 0 Å². The van der Waals surface area contributed by atoms with Crippen LogP contribution < -0.4 is 0 Å². The second kappa shape index (κ2) is 4.38. The van der Waals surface area contributed by atoms with Gasteiger partial charge >= 0.3 is 0 Å². The Hall–Kier alpha value is -0.670. The maximum Gasteiger partial charge on any atom is 0.201 e. The molecule has 1 heterocycles. The molecule has 0 aliphatic carbocycles. The van der Waals surface area contributed by atoms with Crippen molar-refractivity contribution in [3.05, 3.63) is 22.4 Å². The highest BCUT2D eigenvalue weighted by molar-refractivity contribution is 7.12. The highest BCUT2D eigenvalue weighted by Gasteiger charge is 2.16. The van der Waals surface area contributed by atoms with Gasteiger partial charge in [0.15, 0.2) is 0 Å². The van der Waals surface area contributed by atoms with Gasteiger partial charge in [0.2, 0.25) is 5.78 Å². The minimum atomic E-state index is -0.811. The number of aliphatic hydroxyl groups is 1. The number of hydrogen-bond donors (Lipinski definition) is 1. The quantitative estimate of drug-likeness (QED) is 0.727. The van der Waals surface area contributed by atoms with Gasteiger partial charge in [-0.25, -0.2) is 0 Å². The van der Waals surface area contributed by atoms with Crippen LogP contribution in [-0.4, -0.2) is 17.0 Å². The van der Waals surface area contributed by atoms with E-state index in [0.717, 1.165) is 6.42 Å². The molecular formula is C9H12O2S. The van der Waals surface area contributed by atoms with E-state index in [2.05, 4.69) is 0 Å². The summed E-state index contributed by atoms with van der Waals surface area (Å²) in [5.41, 5.74) is 0. The van der Waals surface area contributed by atoms with Crippen LogP contribution in [0.15, 0.2) is 17.5 Å². The van der Waals surface area contributed by atoms with Gasteiger partial charge in [-0.15, -0.1) is 11.3 Å². The Kier molecular flexibility index (Phi) is 3.44. The van der Waals surface area contributed by atoms with Crippen LogP contribution in [-0.2, 0) is 0 Å². The van der Waals surface area contributed by atoms with E-state index < -0.39 is 6.10 Å². The zero-order valence-electron chi connectivity index (χ0n) is 6.99. The fourth-order valence-electron chi connectivity index (χ4n) is 0.988. The first-order valence-electron chi connectivity index (χ1n) is 4.01. The third-order valence-corrected chi connectivity index (χ3v) is 2.51. The molecule has 0 fully saturated rings. The molecule has 12 heavy (non-hydrogen) atoms. The van der Waals surface area contributed by atoms with Gasteiger partial charge in [-0.2, -0.15) is 0 Å². The minimum Gasteiger partial charge on any atom is -0.385 e. The third-order valence-electron chi connectivity index (χ3n) is 1.63. The van der Waals surface area contributed by atoms with Crippen molar-refractivity contribution < 1.29 is 9.90 Å². The molecule has 0 spiro atoms. The normalized spacial score (nSPS) is 12.8. The minimum absolute atomic E-state index is 0.146. The smallest absolute Gasteiger partial charge is 0.201 e. The highest BCUT2D eigenvalue weighted by atomic mass is 32.1. The van der Waals surface area contributed by atoms with E-state index in [4.69, 9.17) is 0 Å². The molecular weight excluding hydrogens is 172 g/mol. The summed E-state index contributed by atoms with van der Waals surface area (Å²) in [6, 6.07) is 3.56. The summed E-state index contributed by atoms with van der Waals surface area (Å²) >= 11 is 1.38. The van der Waals surface area contributed by atoms with Crippen molar-refractivity contribution in [1.82, 2.24) is 0 Å². The number of carbonyl (C=O) groups excluding carboxylic acids is 1. The van der Waals surface area contributed by atoms with E-state index in [1.165, 1.54) is 11.3 Å². The number of thiophene rings is 1. The van der Waals surface area contributed by atoms with Crippen molar-refractivity contribution in [2.75, 3.05) is 0 Å². The third kappa shape index (κ3) is 2.16. The molecule has 3 heteroatoms. The fraction of sp³-hybridized carbons (Fsp3) is 0.444. The Morgan fingerprint density at radius 2 is 2.50 bits per heavy atom. The SMILES string of the molecule is CCCC(O)C(=O)c1cccs1. The summed E-state index contributed by atoms with van der Waals surface area (Å²) in [5, 5.41) is 11.2. The van der Waals surface area contributed by atoms with Crippen LogP contribution in [0.5, 0.6) is 0 Å². The standard InChI is InChI=1S/C9H12O2S/c1-2-4-7(10)9(11)8-5-3-6-12-8/h3,5-7,10H,2,4H2,1H3. The van der Waals surface area contributed by atoms with Crippen LogP contribution in [0.2, 0.25) is 0 Å². The zero-order chi connectivity index (χ0) is 8.97. The van der Waals surface area contributed by atoms with Crippen molar-refractivity contribution in [3.63, 3.8) is 0 Å². The van der Waals surface area contributed by atoms with E-state index in [0.29, 0.717) is 11.3 Å². The van der Waals surface area contributed by atoms with Crippen molar-refractivity contribution >= 4 is 17.1 Å². The maximum absolute atomic E-state index is 11.4. The van der Waals surface area contributed by atoms with Gasteiger partial charge in [-0.1, -0.05) is 19.4 Å². The van der Waals surface area contributed by atoms with Crippen LogP contribution in [0.3, 0.4) is 0 Å². The average molecular weight is 184 g/mol. The number of Topliss-reactive ketones (excluding diaryl/α,β-unsaturated/α-hetero) is 1. The summed E-state index contributed by atoms with van der Waals surface area (Å²) < 4.78 is 0. The predicted octanol–water partition coefficient (Wildman–Crippen LogP) is 2.09. The second-order valence-corrected chi connectivity index (χ2v) is 3.59. The lowest BCUT2D eigenvalue weighted by atomic mass is 10.1. The highest BCUT2D eigenvalue weighted by Crippen LogP contribution is 2.13. The average Bonchev–Trinajstić information content (AvgIpc) is 2.55. The molecule has 2 nitrogen and oxygen atoms in total. The molecule has 1 N–H and O–H groups in total. The Morgan fingerprint density at radius 1 is 1.75 bits per heavy atom. The molecule has 0 amide bonds. The summed E-state index contributed by atoms with van der Waals surface area (Å²) in [6.45, 7) is 1.95. The van der Waals surface area contributed by atoms with Crippen molar-refractivity contribution in [2.45, 2.75) is 25.9 Å². The summed E-state index contributed by atoms with van der Waals surface area (Å²) in [4.78, 5) is 12.0. The first kappa shape index (κ1) is 9.42. The van der Waals surface area contributed by atoms with E-state index in [9.17, 15) is 9.90 Å². The molecule has 0 radical (unpaired) electrons. The first-order chi connectivity index (χ1) is 5.75. The maximum atomic E-state index is 11.4. The summed E-state index contributed by atoms with van der Waals surface area (Å²) in [6.07, 6.45) is 0.573. The van der Waals surface area contributed by atoms with Gasteiger partial charge in [-0.3, -0.25) is 4.79 Å². The molecule has 1 unspecified atom stereocenters. The van der Waals surface area contributed by atoms with E-state index in [-0.39, 0.29) is 5.78 Å². The predicted molar refractivity (Wildman–Crippen MR) is 49.6 cm³/mol. The van der Waals surface area contributed by atoms with Crippen molar-refractivity contribution in [3.8, 4) is 0 Å². The molecule has 66 valence electrons. The monoisotopic (exact) mass is 184 g/mol. The number of rotatable bonds is 4. The second-order valence-electron chi connectivity index (χ2n) is 2.65. The molecule has 0 aliphatic heterocycles. The summed E-state index contributed by atoms with van der Waals surface area (Å²) in [7, 11) is 0. The lowest BCUT2D eigenvalue weighted by molar-refractivity contribution is 0.0734. The van der Waals surface area contributed by atoms with Gasteiger partial charge in [0, 0.05) is 0 Å². The zero-order valence-corrected chi connectivity index (χ0v) is 7.80. The van der Waals surface area contributed by atoms with Crippen LogP contribution >= 0.6 is 11.3 Å². The van der Waals surface area contributed by atoms with E-state index in [1.54, 1.807) is 6.07 Å². The van der Waals surface area contributed by atoms with Crippen LogP contribution in [0.4, 0.5) is 0 Å². The van der Waals surface area contributed by atoms with Gasteiger partial charge in [-0.05, 0) is 17.9 Å². The first-order valence-corrected chi connectivity index (χ1v) is 4.89. The number of carbonyl (C=O) groups is 1. The van der Waals surface area contributed by atoms with Crippen molar-refractivity contribution in [1.29, 1.82) is 0 Å². The largest absolute Gasteiger partial charge is 0.385 e. The topological polar surface area (TPSA) is 37.3 Å². The molecule has 0 aliphatic rings. The Balaban J connectivity index is 2.59. The van der Waals surface area contributed by atoms with E-state index in [1.807, 2.05) is 18.4 Å². The van der Waals surface area contributed by atoms with Crippen LogP contribution in [0.1, 0.15) is 29.4 Å². The summed E-state index contributed by atoms with van der Waals surface area (Å²) in [5.74, 6) is -0.146. The van der Waals surface area contributed by atoms with Gasteiger partial charge < -0.3 is 5.11 Å². The number of hydrogen-bond acceptors (Lipinski definition) is 3. The number of ketones is 1.